The van der Waals surface area contributed by atoms with Gasteiger partial charge >= 0.3 is 0 Å². The summed E-state index contributed by atoms with van der Waals surface area (Å²) in [5.74, 6) is 0. The zero-order valence-corrected chi connectivity index (χ0v) is 12.1. The number of quaternary nitrogens is 1. The molecule has 0 saturated carbocycles. The van der Waals surface area contributed by atoms with Crippen LogP contribution in [0.5, 0.6) is 0 Å². The van der Waals surface area contributed by atoms with E-state index in [1.165, 1.54) is 0 Å². The third-order valence-electron chi connectivity index (χ3n) is 2.75. The van der Waals surface area contributed by atoms with Crippen molar-refractivity contribution in [2.24, 2.45) is 5.10 Å². The molecule has 0 saturated heterocycles. The molecule has 92 valence electrons. The molecule has 2 aromatic carbocycles. The summed E-state index contributed by atoms with van der Waals surface area (Å²) in [6, 6.07) is 18.4. The van der Waals surface area contributed by atoms with Gasteiger partial charge in [0.1, 0.15) is 0 Å². The molecule has 0 amide bonds. The molecule has 18 heavy (non-hydrogen) atoms. The molecule has 0 atom stereocenters. The van der Waals surface area contributed by atoms with Gasteiger partial charge in [-0.05, 0) is 17.7 Å². The predicted octanol–water partition coefficient (Wildman–Crippen LogP) is 4.05. The van der Waals surface area contributed by atoms with Crippen LogP contribution in [0.3, 0.4) is 0 Å². The summed E-state index contributed by atoms with van der Waals surface area (Å²) in [5.41, 5.74) is 2.26. The normalized spacial score (nSPS) is 11.9. The average Bonchev–Trinajstić information content (AvgIpc) is 2.38. The van der Waals surface area contributed by atoms with Crippen LogP contribution in [0.25, 0.3) is 0 Å². The van der Waals surface area contributed by atoms with Gasteiger partial charge in [0.05, 0.1) is 20.3 Å². The number of nitrogens with zero attached hydrogens (tertiary/aromatic N) is 2. The van der Waals surface area contributed by atoms with Gasteiger partial charge in [0.2, 0.25) is 0 Å². The summed E-state index contributed by atoms with van der Waals surface area (Å²) in [6.07, 6.45) is 1.90. The molecular weight excluding hydrogens is 288 g/mol. The minimum atomic E-state index is 0.474. The minimum Gasteiger partial charge on any atom is -0.171 e. The van der Waals surface area contributed by atoms with Crippen molar-refractivity contribution in [3.63, 3.8) is 0 Å². The average molecular weight is 304 g/mol. The molecule has 0 aliphatic carbocycles. The quantitative estimate of drug-likeness (QED) is 0.461. The minimum absolute atomic E-state index is 0.474. The SMILES string of the molecule is C[N+](C)(/N=C/c1ccccc1)c1ccc(Br)cc1. The molecule has 0 spiro atoms. The second-order valence-electron chi connectivity index (χ2n) is 4.53. The second-order valence-corrected chi connectivity index (χ2v) is 5.44. The van der Waals surface area contributed by atoms with Crippen molar-refractivity contribution in [3.8, 4) is 0 Å². The van der Waals surface area contributed by atoms with Gasteiger partial charge in [0.15, 0.2) is 5.69 Å². The van der Waals surface area contributed by atoms with Crippen molar-refractivity contribution in [3.05, 3.63) is 64.6 Å². The Balaban J connectivity index is 2.21. The zero-order valence-electron chi connectivity index (χ0n) is 10.5. The maximum atomic E-state index is 4.62. The van der Waals surface area contributed by atoms with E-state index in [0.717, 1.165) is 15.7 Å². The zero-order chi connectivity index (χ0) is 13.0. The van der Waals surface area contributed by atoms with E-state index in [-0.39, 0.29) is 0 Å². The summed E-state index contributed by atoms with van der Waals surface area (Å²) in [7, 11) is 4.12. The lowest BCUT2D eigenvalue weighted by molar-refractivity contribution is 0.426. The highest BCUT2D eigenvalue weighted by molar-refractivity contribution is 9.10. The van der Waals surface area contributed by atoms with E-state index >= 15 is 0 Å². The number of benzene rings is 2. The van der Waals surface area contributed by atoms with Gasteiger partial charge in [-0.15, -0.1) is 0 Å². The second kappa shape index (κ2) is 5.46. The third-order valence-corrected chi connectivity index (χ3v) is 3.28. The highest BCUT2D eigenvalue weighted by Crippen LogP contribution is 2.22. The van der Waals surface area contributed by atoms with Crippen molar-refractivity contribution < 1.29 is 0 Å². The summed E-state index contributed by atoms with van der Waals surface area (Å²) in [6.45, 7) is 0. The molecule has 0 bridgehead atoms. The van der Waals surface area contributed by atoms with Crippen LogP contribution in [0, 0.1) is 0 Å². The Labute approximate surface area is 116 Å². The van der Waals surface area contributed by atoms with Crippen molar-refractivity contribution in [2.75, 3.05) is 14.1 Å². The molecule has 2 rings (SSSR count). The summed E-state index contributed by atoms with van der Waals surface area (Å²) in [5, 5.41) is 4.62. The molecule has 3 heteroatoms. The molecule has 2 nitrogen and oxygen atoms in total. The molecule has 0 unspecified atom stereocenters. The van der Waals surface area contributed by atoms with Gasteiger partial charge in [0.25, 0.3) is 0 Å². The Hall–Kier alpha value is -1.45. The third kappa shape index (κ3) is 3.28. The molecule has 0 aromatic heterocycles. The van der Waals surface area contributed by atoms with Crippen molar-refractivity contribution in [2.45, 2.75) is 0 Å². The van der Waals surface area contributed by atoms with Crippen LogP contribution in [-0.2, 0) is 0 Å². The van der Waals surface area contributed by atoms with E-state index in [2.05, 4.69) is 47.3 Å². The topological polar surface area (TPSA) is 12.4 Å². The first-order valence-electron chi connectivity index (χ1n) is 5.79. The fourth-order valence-electron chi connectivity index (χ4n) is 1.62. The standard InChI is InChI=1S/C15H16BrN2/c1-18(2,15-10-8-14(16)9-11-15)17-12-13-6-4-3-5-7-13/h3-12H,1-2H3/q+1/b17-12+. The van der Waals surface area contributed by atoms with Crippen molar-refractivity contribution >= 4 is 27.8 Å². The summed E-state index contributed by atoms with van der Waals surface area (Å²) < 4.78 is 1.56. The fourth-order valence-corrected chi connectivity index (χ4v) is 1.89. The predicted molar refractivity (Wildman–Crippen MR) is 81.8 cm³/mol. The highest BCUT2D eigenvalue weighted by atomic mass is 79.9. The molecule has 0 aliphatic rings. The lowest BCUT2D eigenvalue weighted by Gasteiger charge is -2.21. The molecule has 2 aromatic rings. The molecular formula is C15H16BrN2+. The number of halogens is 1. The number of rotatable bonds is 3. The summed E-state index contributed by atoms with van der Waals surface area (Å²) in [4.78, 5) is 0. The maximum absolute atomic E-state index is 4.62. The van der Waals surface area contributed by atoms with Crippen molar-refractivity contribution in [1.29, 1.82) is 0 Å². The van der Waals surface area contributed by atoms with Gasteiger partial charge in [-0.25, -0.2) is 0 Å². The van der Waals surface area contributed by atoms with E-state index < -0.39 is 0 Å². The van der Waals surface area contributed by atoms with E-state index in [0.29, 0.717) is 4.59 Å². The Morgan fingerprint density at radius 1 is 0.944 bits per heavy atom. The van der Waals surface area contributed by atoms with Crippen LogP contribution in [-0.4, -0.2) is 20.3 Å². The molecule has 0 N–H and O–H groups in total. The van der Waals surface area contributed by atoms with E-state index in [1.807, 2.05) is 48.7 Å². The molecule has 0 fully saturated rings. The van der Waals surface area contributed by atoms with Crippen LogP contribution in [0.1, 0.15) is 5.56 Å². The van der Waals surface area contributed by atoms with Gasteiger partial charge in [-0.2, -0.15) is 4.59 Å². The monoisotopic (exact) mass is 303 g/mol. The van der Waals surface area contributed by atoms with Gasteiger partial charge < -0.3 is 0 Å². The fraction of sp³-hybridized carbons (Fsp3) is 0.133. The first kappa shape index (κ1) is 13.0. The van der Waals surface area contributed by atoms with E-state index in [1.54, 1.807) is 0 Å². The van der Waals surface area contributed by atoms with Crippen LogP contribution in [0.15, 0.2) is 64.2 Å². The number of hydrogen-bond acceptors (Lipinski definition) is 1. The highest BCUT2D eigenvalue weighted by Gasteiger charge is 2.17. The van der Waals surface area contributed by atoms with Gasteiger partial charge in [-0.1, -0.05) is 51.4 Å². The van der Waals surface area contributed by atoms with Crippen LogP contribution >= 0.6 is 15.9 Å². The van der Waals surface area contributed by atoms with Crippen LogP contribution in [0.4, 0.5) is 5.69 Å². The molecule has 0 aliphatic heterocycles. The first-order chi connectivity index (χ1) is 8.58. The Kier molecular flexibility index (Phi) is 3.94. The number of hydrogen-bond donors (Lipinski definition) is 0. The van der Waals surface area contributed by atoms with Gasteiger partial charge in [0, 0.05) is 16.6 Å². The van der Waals surface area contributed by atoms with Gasteiger partial charge in [-0.3, -0.25) is 0 Å². The first-order valence-corrected chi connectivity index (χ1v) is 6.58. The van der Waals surface area contributed by atoms with Crippen LogP contribution in [0.2, 0.25) is 0 Å². The lowest BCUT2D eigenvalue weighted by atomic mass is 10.2. The lowest BCUT2D eigenvalue weighted by Crippen LogP contribution is -2.33. The molecule has 0 radical (unpaired) electrons. The van der Waals surface area contributed by atoms with Crippen molar-refractivity contribution in [1.82, 2.24) is 4.59 Å². The Morgan fingerprint density at radius 3 is 2.17 bits per heavy atom. The largest absolute Gasteiger partial charge is 0.171 e. The van der Waals surface area contributed by atoms with E-state index in [9.17, 15) is 0 Å². The molecule has 0 heterocycles. The smallest absolute Gasteiger partial charge is 0.158 e. The summed E-state index contributed by atoms with van der Waals surface area (Å²) >= 11 is 3.44. The maximum Gasteiger partial charge on any atom is 0.158 e. The van der Waals surface area contributed by atoms with E-state index in [4.69, 9.17) is 0 Å². The Bertz CT molecular complexity index is 530. The van der Waals surface area contributed by atoms with Crippen LogP contribution < -0.4 is 4.59 Å². The Morgan fingerprint density at radius 2 is 1.56 bits per heavy atom.